The molecule has 0 atom stereocenters. The Hall–Kier alpha value is -1.78. The number of hydrogen-bond acceptors (Lipinski definition) is 3. The highest BCUT2D eigenvalue weighted by molar-refractivity contribution is 5.84. The smallest absolute Gasteiger partial charge is 0.442 e. The van der Waals surface area contributed by atoms with Gasteiger partial charge in [-0.2, -0.15) is 0 Å². The van der Waals surface area contributed by atoms with Crippen molar-refractivity contribution >= 4 is 11.8 Å². The third kappa shape index (κ3) is 6.47. The van der Waals surface area contributed by atoms with E-state index in [4.69, 9.17) is 4.74 Å². The second-order valence-corrected chi connectivity index (χ2v) is 4.86. The van der Waals surface area contributed by atoms with Crippen LogP contribution in [0, 0.1) is 0 Å². The summed E-state index contributed by atoms with van der Waals surface area (Å²) in [7, 11) is 1.13. The molecule has 0 N–H and O–H groups in total. The van der Waals surface area contributed by atoms with Gasteiger partial charge in [-0.15, -0.1) is 5.12 Å². The van der Waals surface area contributed by atoms with Crippen molar-refractivity contribution in [2.24, 2.45) is 0 Å². The minimum atomic E-state index is -1.05. The van der Waals surface area contributed by atoms with Crippen LogP contribution in [-0.4, -0.2) is 19.8 Å². The van der Waals surface area contributed by atoms with Crippen LogP contribution in [0.4, 0.5) is 15.0 Å². The number of amides is 1. The van der Waals surface area contributed by atoms with Crippen LogP contribution in [0.1, 0.15) is 45.4 Å². The molecule has 0 unspecified atom stereocenters. The molecule has 21 heavy (non-hydrogen) atoms. The summed E-state index contributed by atoms with van der Waals surface area (Å²) in [6, 6.07) is 6.24. The molecule has 0 spiro atoms. The van der Waals surface area contributed by atoms with E-state index in [1.54, 1.807) is 12.1 Å². The van der Waals surface area contributed by atoms with Crippen molar-refractivity contribution in [3.05, 3.63) is 24.3 Å². The van der Waals surface area contributed by atoms with Crippen molar-refractivity contribution < 1.29 is 18.7 Å². The SMILES string of the molecule is CCCCCCCCOc1ccc(N(F)C(=O)OC)cc1. The summed E-state index contributed by atoms with van der Waals surface area (Å²) < 4.78 is 23.3. The molecule has 0 aliphatic carbocycles. The third-order valence-electron chi connectivity index (χ3n) is 3.16. The monoisotopic (exact) mass is 297 g/mol. The predicted molar refractivity (Wildman–Crippen MR) is 81.3 cm³/mol. The fourth-order valence-corrected chi connectivity index (χ4v) is 1.93. The van der Waals surface area contributed by atoms with Crippen molar-refractivity contribution in [3.63, 3.8) is 0 Å². The van der Waals surface area contributed by atoms with E-state index in [2.05, 4.69) is 11.7 Å². The minimum Gasteiger partial charge on any atom is -0.494 e. The molecule has 0 radical (unpaired) electrons. The highest BCUT2D eigenvalue weighted by atomic mass is 19.2. The molecule has 0 saturated heterocycles. The Kier molecular flexibility index (Phi) is 8.24. The first-order chi connectivity index (χ1) is 10.2. The minimum absolute atomic E-state index is 0.0441. The highest BCUT2D eigenvalue weighted by Crippen LogP contribution is 2.20. The number of hydrogen-bond donors (Lipinski definition) is 0. The number of benzene rings is 1. The summed E-state index contributed by atoms with van der Waals surface area (Å²) in [5.74, 6) is 0.672. The van der Waals surface area contributed by atoms with Gasteiger partial charge in [-0.3, -0.25) is 0 Å². The van der Waals surface area contributed by atoms with E-state index in [0.29, 0.717) is 12.4 Å². The third-order valence-corrected chi connectivity index (χ3v) is 3.16. The van der Waals surface area contributed by atoms with Gasteiger partial charge >= 0.3 is 6.09 Å². The van der Waals surface area contributed by atoms with Crippen molar-refractivity contribution in [2.45, 2.75) is 45.4 Å². The maximum Gasteiger partial charge on any atom is 0.442 e. The van der Waals surface area contributed by atoms with E-state index < -0.39 is 6.09 Å². The molecule has 0 fully saturated rings. The molecule has 1 aromatic carbocycles. The van der Waals surface area contributed by atoms with E-state index in [-0.39, 0.29) is 10.8 Å². The zero-order chi connectivity index (χ0) is 15.5. The van der Waals surface area contributed by atoms with Gasteiger partial charge in [-0.05, 0) is 30.7 Å². The Morgan fingerprint density at radius 2 is 1.71 bits per heavy atom. The van der Waals surface area contributed by atoms with E-state index in [1.165, 1.54) is 44.2 Å². The van der Waals surface area contributed by atoms with Gasteiger partial charge in [0.25, 0.3) is 0 Å². The Bertz CT molecular complexity index is 408. The maximum atomic E-state index is 13.4. The lowest BCUT2D eigenvalue weighted by atomic mass is 10.1. The number of ether oxygens (including phenoxy) is 2. The van der Waals surface area contributed by atoms with Crippen LogP contribution in [0.15, 0.2) is 24.3 Å². The molecule has 0 aromatic heterocycles. The predicted octanol–water partition coefficient (Wildman–Crippen LogP) is 4.88. The normalized spacial score (nSPS) is 10.2. The van der Waals surface area contributed by atoms with Gasteiger partial charge in [-0.25, -0.2) is 4.79 Å². The number of anilines is 1. The van der Waals surface area contributed by atoms with E-state index in [0.717, 1.165) is 13.5 Å². The van der Waals surface area contributed by atoms with Crippen molar-refractivity contribution in [3.8, 4) is 5.75 Å². The number of carbonyl (C=O) groups is 1. The lowest BCUT2D eigenvalue weighted by Crippen LogP contribution is -2.21. The maximum absolute atomic E-state index is 13.4. The highest BCUT2D eigenvalue weighted by Gasteiger charge is 2.14. The van der Waals surface area contributed by atoms with Crippen LogP contribution in [0.5, 0.6) is 5.75 Å². The molecule has 4 nitrogen and oxygen atoms in total. The second-order valence-electron chi connectivity index (χ2n) is 4.86. The zero-order valence-electron chi connectivity index (χ0n) is 12.8. The molecule has 1 rings (SSSR count). The first kappa shape index (κ1) is 17.3. The largest absolute Gasteiger partial charge is 0.494 e. The molecule has 0 heterocycles. The van der Waals surface area contributed by atoms with Crippen molar-refractivity contribution in [2.75, 3.05) is 18.8 Å². The number of rotatable bonds is 9. The van der Waals surface area contributed by atoms with Gasteiger partial charge in [0.05, 0.1) is 19.4 Å². The van der Waals surface area contributed by atoms with Crippen LogP contribution < -0.4 is 9.86 Å². The van der Waals surface area contributed by atoms with Crippen molar-refractivity contribution in [1.82, 2.24) is 0 Å². The molecule has 1 amide bonds. The molecule has 0 aliphatic rings. The molecule has 1 aromatic rings. The van der Waals surface area contributed by atoms with E-state index >= 15 is 0 Å². The Morgan fingerprint density at radius 1 is 1.10 bits per heavy atom. The van der Waals surface area contributed by atoms with Crippen LogP contribution in [-0.2, 0) is 4.74 Å². The molecule has 0 bridgehead atoms. The summed E-state index contributed by atoms with van der Waals surface area (Å²) in [6.45, 7) is 2.85. The number of carbonyl (C=O) groups excluding carboxylic acids is 1. The topological polar surface area (TPSA) is 38.8 Å². The first-order valence-corrected chi connectivity index (χ1v) is 7.45. The number of methoxy groups -OCH3 is 1. The molecule has 0 saturated carbocycles. The van der Waals surface area contributed by atoms with E-state index in [9.17, 15) is 9.28 Å². The lowest BCUT2D eigenvalue weighted by Gasteiger charge is -2.11. The molecule has 5 heteroatoms. The summed E-state index contributed by atoms with van der Waals surface area (Å²) in [4.78, 5) is 11.0. The lowest BCUT2D eigenvalue weighted by molar-refractivity contribution is 0.164. The second kappa shape index (κ2) is 10.0. The van der Waals surface area contributed by atoms with Crippen LogP contribution in [0.2, 0.25) is 0 Å². The standard InChI is InChI=1S/C16H24FNO3/c1-3-4-5-6-7-8-13-21-15-11-9-14(10-12-15)18(17)16(19)20-2/h9-12H,3-8,13H2,1-2H3. The van der Waals surface area contributed by atoms with Gasteiger partial charge in [0.15, 0.2) is 0 Å². The molecule has 118 valence electrons. The van der Waals surface area contributed by atoms with Gasteiger partial charge in [-0.1, -0.05) is 43.5 Å². The Balaban J connectivity index is 2.26. The average molecular weight is 297 g/mol. The zero-order valence-corrected chi connectivity index (χ0v) is 12.8. The average Bonchev–Trinajstić information content (AvgIpc) is 2.53. The quantitative estimate of drug-likeness (QED) is 0.481. The number of nitrogens with zero attached hydrogens (tertiary/aromatic N) is 1. The first-order valence-electron chi connectivity index (χ1n) is 7.45. The molecule has 0 aliphatic heterocycles. The molecular weight excluding hydrogens is 273 g/mol. The van der Waals surface area contributed by atoms with Gasteiger partial charge in [0, 0.05) is 0 Å². The number of halogens is 1. The van der Waals surface area contributed by atoms with Gasteiger partial charge in [0.2, 0.25) is 0 Å². The van der Waals surface area contributed by atoms with Crippen molar-refractivity contribution in [1.29, 1.82) is 0 Å². The fourth-order valence-electron chi connectivity index (χ4n) is 1.93. The summed E-state index contributed by atoms with van der Waals surface area (Å²) in [6.07, 6.45) is 6.21. The van der Waals surface area contributed by atoms with Crippen LogP contribution in [0.25, 0.3) is 0 Å². The van der Waals surface area contributed by atoms with E-state index in [1.807, 2.05) is 0 Å². The fraction of sp³-hybridized carbons (Fsp3) is 0.562. The summed E-state index contributed by atoms with van der Waals surface area (Å²) in [5.41, 5.74) is 0.119. The number of unbranched alkanes of at least 4 members (excludes halogenated alkanes) is 5. The van der Waals surface area contributed by atoms with Crippen LogP contribution in [0.3, 0.4) is 0 Å². The van der Waals surface area contributed by atoms with Crippen LogP contribution >= 0.6 is 0 Å². The summed E-state index contributed by atoms with van der Waals surface area (Å²) in [5, 5.41) is -0.0441. The molecular formula is C16H24FNO3. The Labute approximate surface area is 125 Å². The van der Waals surface area contributed by atoms with Gasteiger partial charge in [0.1, 0.15) is 5.75 Å². The summed E-state index contributed by atoms with van der Waals surface area (Å²) >= 11 is 0. The van der Waals surface area contributed by atoms with Gasteiger partial charge < -0.3 is 9.47 Å². The Morgan fingerprint density at radius 3 is 2.33 bits per heavy atom.